The van der Waals surface area contributed by atoms with Crippen molar-refractivity contribution >= 4 is 22.8 Å². The van der Waals surface area contributed by atoms with Gasteiger partial charge in [0.2, 0.25) is 0 Å². The maximum Gasteiger partial charge on any atom is 0.326 e. The fourth-order valence-corrected chi connectivity index (χ4v) is 2.72. The number of nitrogens with zero attached hydrogens (tertiary/aromatic N) is 1. The van der Waals surface area contributed by atoms with Crippen molar-refractivity contribution in [1.82, 2.24) is 4.90 Å². The molecule has 104 valence electrons. The van der Waals surface area contributed by atoms with Gasteiger partial charge < -0.3 is 14.4 Å². The van der Waals surface area contributed by atoms with Crippen LogP contribution in [0.1, 0.15) is 29.0 Å². The molecule has 1 unspecified atom stereocenters. The molecule has 20 heavy (non-hydrogen) atoms. The van der Waals surface area contributed by atoms with Gasteiger partial charge in [0, 0.05) is 11.9 Å². The van der Waals surface area contributed by atoms with Gasteiger partial charge in [-0.3, -0.25) is 4.79 Å². The number of furan rings is 1. The Morgan fingerprint density at radius 3 is 2.90 bits per heavy atom. The summed E-state index contributed by atoms with van der Waals surface area (Å²) in [5, 5.41) is 10.00. The van der Waals surface area contributed by atoms with Crippen molar-refractivity contribution in [3.63, 3.8) is 0 Å². The summed E-state index contributed by atoms with van der Waals surface area (Å²) >= 11 is 0. The third-order valence-corrected chi connectivity index (χ3v) is 3.75. The second-order valence-electron chi connectivity index (χ2n) is 5.10. The molecule has 1 aliphatic heterocycles. The van der Waals surface area contributed by atoms with Gasteiger partial charge in [-0.15, -0.1) is 0 Å². The maximum atomic E-state index is 12.4. The van der Waals surface area contributed by atoms with Crippen LogP contribution in [0, 0.1) is 6.92 Å². The van der Waals surface area contributed by atoms with Crippen LogP contribution in [-0.2, 0) is 4.79 Å². The Bertz CT molecular complexity index is 688. The van der Waals surface area contributed by atoms with Gasteiger partial charge in [-0.05, 0) is 31.4 Å². The number of amides is 1. The smallest absolute Gasteiger partial charge is 0.326 e. The van der Waals surface area contributed by atoms with E-state index in [2.05, 4.69) is 0 Å². The first kappa shape index (κ1) is 12.7. The number of hydrogen-bond acceptors (Lipinski definition) is 3. The first-order valence-electron chi connectivity index (χ1n) is 6.61. The van der Waals surface area contributed by atoms with Crippen molar-refractivity contribution in [3.8, 4) is 0 Å². The Kier molecular flexibility index (Phi) is 2.97. The number of carbonyl (C=O) groups excluding carboxylic acids is 1. The Labute approximate surface area is 115 Å². The lowest BCUT2D eigenvalue weighted by atomic mass is 10.2. The van der Waals surface area contributed by atoms with Gasteiger partial charge in [-0.1, -0.05) is 18.2 Å². The molecule has 0 spiro atoms. The number of aliphatic carboxylic acids is 1. The zero-order chi connectivity index (χ0) is 14.3. The fraction of sp³-hybridized carbons (Fsp3) is 0.333. The highest BCUT2D eigenvalue weighted by Gasteiger charge is 2.35. The van der Waals surface area contributed by atoms with Gasteiger partial charge >= 0.3 is 5.97 Å². The normalized spacial score (nSPS) is 18.6. The summed E-state index contributed by atoms with van der Waals surface area (Å²) in [6, 6.07) is 6.63. The lowest BCUT2D eigenvalue weighted by molar-refractivity contribution is -0.141. The Balaban J connectivity index is 1.96. The maximum absolute atomic E-state index is 12.4. The molecule has 1 N–H and O–H groups in total. The van der Waals surface area contributed by atoms with Crippen LogP contribution in [0.5, 0.6) is 0 Å². The zero-order valence-electron chi connectivity index (χ0n) is 11.1. The first-order chi connectivity index (χ1) is 9.58. The molecule has 1 aliphatic rings. The molecule has 1 fully saturated rings. The Morgan fingerprint density at radius 1 is 1.40 bits per heavy atom. The van der Waals surface area contributed by atoms with E-state index < -0.39 is 12.0 Å². The van der Waals surface area contributed by atoms with Gasteiger partial charge in [0.1, 0.15) is 11.6 Å². The average Bonchev–Trinajstić information content (AvgIpc) is 3.05. The molecule has 5 nitrogen and oxygen atoms in total. The average molecular weight is 273 g/mol. The van der Waals surface area contributed by atoms with Gasteiger partial charge in [0.15, 0.2) is 5.76 Å². The van der Waals surface area contributed by atoms with Crippen LogP contribution in [0.2, 0.25) is 0 Å². The van der Waals surface area contributed by atoms with Crippen LogP contribution in [-0.4, -0.2) is 34.5 Å². The summed E-state index contributed by atoms with van der Waals surface area (Å²) < 4.78 is 5.62. The van der Waals surface area contributed by atoms with E-state index in [1.54, 1.807) is 6.07 Å². The first-order valence-corrected chi connectivity index (χ1v) is 6.61. The number of carboxylic acids is 1. The minimum Gasteiger partial charge on any atom is -0.480 e. The van der Waals surface area contributed by atoms with Crippen LogP contribution >= 0.6 is 0 Å². The summed E-state index contributed by atoms with van der Waals surface area (Å²) in [5.74, 6) is -1.09. The van der Waals surface area contributed by atoms with Gasteiger partial charge in [0.25, 0.3) is 5.91 Å². The monoisotopic (exact) mass is 273 g/mol. The summed E-state index contributed by atoms with van der Waals surface area (Å²) in [6.45, 7) is 2.38. The molecule has 3 rings (SSSR count). The third kappa shape index (κ3) is 1.95. The molecule has 5 heteroatoms. The zero-order valence-corrected chi connectivity index (χ0v) is 11.1. The molecular formula is C15H15NO4. The van der Waals surface area contributed by atoms with Crippen LogP contribution in [0.15, 0.2) is 28.7 Å². The van der Waals surface area contributed by atoms with Gasteiger partial charge in [0.05, 0.1) is 0 Å². The van der Waals surface area contributed by atoms with Crippen molar-refractivity contribution in [2.75, 3.05) is 6.54 Å². The van der Waals surface area contributed by atoms with E-state index >= 15 is 0 Å². The van der Waals surface area contributed by atoms with Crippen molar-refractivity contribution in [2.24, 2.45) is 0 Å². The van der Waals surface area contributed by atoms with Gasteiger partial charge in [-0.2, -0.15) is 0 Å². The van der Waals surface area contributed by atoms with E-state index in [4.69, 9.17) is 9.52 Å². The number of benzene rings is 1. The van der Waals surface area contributed by atoms with Gasteiger partial charge in [-0.25, -0.2) is 4.79 Å². The lowest BCUT2D eigenvalue weighted by Gasteiger charge is -2.19. The molecule has 1 aromatic carbocycles. The molecule has 1 atom stereocenters. The molecule has 0 aliphatic carbocycles. The summed E-state index contributed by atoms with van der Waals surface area (Å²) in [7, 11) is 0. The van der Waals surface area contributed by atoms with E-state index in [1.165, 1.54) is 4.90 Å². The standard InChI is InChI=1S/C15H15NO4/c1-9-4-2-5-10-8-12(20-13(9)10)14(17)16-7-3-6-11(16)15(18)19/h2,4-5,8,11H,3,6-7H2,1H3,(H,18,19). The van der Waals surface area contributed by atoms with E-state index in [0.29, 0.717) is 25.0 Å². The number of rotatable bonds is 2. The van der Waals surface area contributed by atoms with Crippen molar-refractivity contribution < 1.29 is 19.1 Å². The minimum absolute atomic E-state index is 0.211. The molecule has 1 amide bonds. The predicted octanol–water partition coefficient (Wildman–Crippen LogP) is 2.43. The number of fused-ring (bicyclic) bond motifs is 1. The summed E-state index contributed by atoms with van der Waals surface area (Å²) in [6.07, 6.45) is 1.21. The summed E-state index contributed by atoms with van der Waals surface area (Å²) in [5.41, 5.74) is 1.64. The van der Waals surface area contributed by atoms with Crippen molar-refractivity contribution in [1.29, 1.82) is 0 Å². The third-order valence-electron chi connectivity index (χ3n) is 3.75. The minimum atomic E-state index is -0.955. The lowest BCUT2D eigenvalue weighted by Crippen LogP contribution is -2.40. The number of para-hydroxylation sites is 1. The molecule has 2 heterocycles. The van der Waals surface area contributed by atoms with Crippen LogP contribution in [0.25, 0.3) is 11.0 Å². The van der Waals surface area contributed by atoms with Crippen molar-refractivity contribution in [3.05, 3.63) is 35.6 Å². The van der Waals surface area contributed by atoms with Crippen LogP contribution in [0.4, 0.5) is 0 Å². The number of carbonyl (C=O) groups is 2. The summed E-state index contributed by atoms with van der Waals surface area (Å²) in [4.78, 5) is 24.9. The van der Waals surface area contributed by atoms with Crippen LogP contribution in [0.3, 0.4) is 0 Å². The number of aryl methyl sites for hydroxylation is 1. The topological polar surface area (TPSA) is 70.8 Å². The predicted molar refractivity (Wildman–Crippen MR) is 72.6 cm³/mol. The van der Waals surface area contributed by atoms with Crippen molar-refractivity contribution in [2.45, 2.75) is 25.8 Å². The second-order valence-corrected chi connectivity index (χ2v) is 5.10. The molecule has 0 radical (unpaired) electrons. The highest BCUT2D eigenvalue weighted by atomic mass is 16.4. The highest BCUT2D eigenvalue weighted by Crippen LogP contribution is 2.26. The highest BCUT2D eigenvalue weighted by molar-refractivity contribution is 5.98. The molecule has 1 aromatic heterocycles. The SMILES string of the molecule is Cc1cccc2cc(C(=O)N3CCCC3C(=O)O)oc12. The van der Waals surface area contributed by atoms with E-state index in [-0.39, 0.29) is 11.7 Å². The molecule has 0 saturated carbocycles. The molecule has 2 aromatic rings. The Morgan fingerprint density at radius 2 is 2.20 bits per heavy atom. The molecule has 0 bridgehead atoms. The number of hydrogen-bond donors (Lipinski definition) is 1. The second kappa shape index (κ2) is 4.67. The largest absolute Gasteiger partial charge is 0.480 e. The Hall–Kier alpha value is -2.30. The molecular weight excluding hydrogens is 258 g/mol. The number of carboxylic acid groups (broad SMARTS) is 1. The van der Waals surface area contributed by atoms with E-state index in [0.717, 1.165) is 10.9 Å². The number of likely N-dealkylation sites (tertiary alicyclic amines) is 1. The van der Waals surface area contributed by atoms with E-state index in [9.17, 15) is 9.59 Å². The van der Waals surface area contributed by atoms with Crippen LogP contribution < -0.4 is 0 Å². The van der Waals surface area contributed by atoms with E-state index in [1.807, 2.05) is 25.1 Å². The quantitative estimate of drug-likeness (QED) is 0.912. The molecule has 1 saturated heterocycles. The fourth-order valence-electron chi connectivity index (χ4n) is 2.72.